The normalized spacial score (nSPS) is 36.7. The molecule has 3 aliphatic rings. The zero-order valence-corrected chi connectivity index (χ0v) is 12.6. The first-order chi connectivity index (χ1) is 10.4. The van der Waals surface area contributed by atoms with Crippen molar-refractivity contribution in [2.24, 2.45) is 17.3 Å². The standard InChI is InChI=1S/C18H20O4/c1-18-7-6-9-10-2-4-13(19)17(22)16(10)14(20)8-11(9)12(18)3-5-15(18)21/h2,4,9,11-12,19,22H,3,5-8H2,1H3/t9-,11-,12+,18+/m1/s1. The zero-order valence-electron chi connectivity index (χ0n) is 12.6. The lowest BCUT2D eigenvalue weighted by atomic mass is 9.55. The number of rotatable bonds is 0. The predicted octanol–water partition coefficient (Wildman–Crippen LogP) is 3.16. The number of carbonyl (C=O) groups excluding carboxylic acids is 2. The van der Waals surface area contributed by atoms with Crippen molar-refractivity contribution in [2.75, 3.05) is 0 Å². The van der Waals surface area contributed by atoms with E-state index in [4.69, 9.17) is 0 Å². The van der Waals surface area contributed by atoms with Crippen molar-refractivity contribution in [1.29, 1.82) is 0 Å². The number of phenols is 2. The Morgan fingerprint density at radius 3 is 2.73 bits per heavy atom. The van der Waals surface area contributed by atoms with Crippen LogP contribution in [0.2, 0.25) is 0 Å². The Kier molecular flexibility index (Phi) is 2.72. The Hall–Kier alpha value is -1.84. The van der Waals surface area contributed by atoms with Gasteiger partial charge in [-0.2, -0.15) is 0 Å². The van der Waals surface area contributed by atoms with Crippen LogP contribution in [0.3, 0.4) is 0 Å². The average molecular weight is 300 g/mol. The number of benzene rings is 1. The number of hydrogen-bond donors (Lipinski definition) is 2. The smallest absolute Gasteiger partial charge is 0.168 e. The fourth-order valence-electron chi connectivity index (χ4n) is 5.24. The van der Waals surface area contributed by atoms with Crippen LogP contribution in [0.1, 0.15) is 60.9 Å². The summed E-state index contributed by atoms with van der Waals surface area (Å²) in [6.07, 6.45) is 3.61. The van der Waals surface area contributed by atoms with Gasteiger partial charge < -0.3 is 10.2 Å². The summed E-state index contributed by atoms with van der Waals surface area (Å²) in [5.41, 5.74) is 0.893. The maximum absolute atomic E-state index is 12.5. The molecule has 0 aliphatic heterocycles. The Balaban J connectivity index is 1.81. The molecule has 0 aromatic heterocycles. The number of carbonyl (C=O) groups is 2. The summed E-state index contributed by atoms with van der Waals surface area (Å²) in [5, 5.41) is 19.7. The number of hydrogen-bond acceptors (Lipinski definition) is 4. The SMILES string of the molecule is C[C@]12CC[C@@H]3c4ccc(O)c(O)c4C(=O)C[C@H]3[C@@H]1CCC2=O. The molecular formula is C18H20O4. The van der Waals surface area contributed by atoms with Gasteiger partial charge in [-0.25, -0.2) is 0 Å². The molecule has 3 aliphatic carbocycles. The first-order valence-electron chi connectivity index (χ1n) is 8.05. The van der Waals surface area contributed by atoms with E-state index in [0.29, 0.717) is 24.2 Å². The maximum Gasteiger partial charge on any atom is 0.168 e. The van der Waals surface area contributed by atoms with Crippen LogP contribution in [0.5, 0.6) is 11.5 Å². The lowest BCUT2D eigenvalue weighted by molar-refractivity contribution is -0.129. The van der Waals surface area contributed by atoms with Crippen LogP contribution in [0.4, 0.5) is 0 Å². The van der Waals surface area contributed by atoms with E-state index in [9.17, 15) is 19.8 Å². The highest BCUT2D eigenvalue weighted by Gasteiger charge is 2.55. The number of Topliss-reactive ketones (excluding diaryl/α,β-unsaturated/α-hetero) is 2. The third-order valence-electron chi connectivity index (χ3n) is 6.43. The molecule has 2 fully saturated rings. The Morgan fingerprint density at radius 2 is 1.95 bits per heavy atom. The Bertz CT molecular complexity index is 693. The molecule has 0 unspecified atom stereocenters. The van der Waals surface area contributed by atoms with Gasteiger partial charge in [0, 0.05) is 18.3 Å². The lowest BCUT2D eigenvalue weighted by Gasteiger charge is -2.47. The molecule has 4 atom stereocenters. The van der Waals surface area contributed by atoms with E-state index in [0.717, 1.165) is 24.8 Å². The first-order valence-corrected chi connectivity index (χ1v) is 8.05. The van der Waals surface area contributed by atoms with Gasteiger partial charge in [-0.05, 0) is 48.6 Å². The third-order valence-corrected chi connectivity index (χ3v) is 6.43. The van der Waals surface area contributed by atoms with E-state index in [1.54, 1.807) is 6.07 Å². The van der Waals surface area contributed by atoms with E-state index < -0.39 is 0 Å². The molecule has 1 aromatic carbocycles. The molecule has 0 heterocycles. The first kappa shape index (κ1) is 13.8. The summed E-state index contributed by atoms with van der Waals surface area (Å²) in [4.78, 5) is 24.8. The second-order valence-corrected chi connectivity index (χ2v) is 7.32. The van der Waals surface area contributed by atoms with Crippen molar-refractivity contribution in [1.82, 2.24) is 0 Å². The Labute approximate surface area is 129 Å². The van der Waals surface area contributed by atoms with Crippen LogP contribution in [0, 0.1) is 17.3 Å². The summed E-state index contributed by atoms with van der Waals surface area (Å²) in [6, 6.07) is 3.25. The highest BCUT2D eigenvalue weighted by Crippen LogP contribution is 2.60. The van der Waals surface area contributed by atoms with E-state index in [2.05, 4.69) is 6.92 Å². The van der Waals surface area contributed by atoms with Crippen molar-refractivity contribution in [3.05, 3.63) is 23.3 Å². The second kappa shape index (κ2) is 4.34. The van der Waals surface area contributed by atoms with Gasteiger partial charge in [-0.3, -0.25) is 9.59 Å². The Morgan fingerprint density at radius 1 is 1.18 bits per heavy atom. The number of aromatic hydroxyl groups is 2. The zero-order chi connectivity index (χ0) is 15.6. The average Bonchev–Trinajstić information content (AvgIpc) is 2.79. The molecule has 22 heavy (non-hydrogen) atoms. The van der Waals surface area contributed by atoms with Crippen molar-refractivity contribution >= 4 is 11.6 Å². The van der Waals surface area contributed by atoms with Crippen LogP contribution in [0.15, 0.2) is 12.1 Å². The molecule has 2 N–H and O–H groups in total. The molecule has 0 radical (unpaired) electrons. The lowest BCUT2D eigenvalue weighted by Crippen LogP contribution is -2.43. The van der Waals surface area contributed by atoms with Gasteiger partial charge in [0.1, 0.15) is 5.78 Å². The minimum absolute atomic E-state index is 0.103. The fraction of sp³-hybridized carbons (Fsp3) is 0.556. The molecule has 0 bridgehead atoms. The second-order valence-electron chi connectivity index (χ2n) is 7.32. The van der Waals surface area contributed by atoms with E-state index in [1.807, 2.05) is 0 Å². The minimum Gasteiger partial charge on any atom is -0.504 e. The summed E-state index contributed by atoms with van der Waals surface area (Å²) >= 11 is 0. The van der Waals surface area contributed by atoms with Crippen LogP contribution < -0.4 is 0 Å². The number of phenolic OH excluding ortho intramolecular Hbond substituents is 2. The molecule has 0 saturated heterocycles. The summed E-state index contributed by atoms with van der Waals surface area (Å²) in [6.45, 7) is 2.07. The van der Waals surface area contributed by atoms with Gasteiger partial charge in [0.25, 0.3) is 0 Å². The quantitative estimate of drug-likeness (QED) is 0.722. The molecular weight excluding hydrogens is 280 g/mol. The predicted molar refractivity (Wildman–Crippen MR) is 80.0 cm³/mol. The third kappa shape index (κ3) is 1.58. The van der Waals surface area contributed by atoms with Gasteiger partial charge in [-0.15, -0.1) is 0 Å². The van der Waals surface area contributed by atoms with Crippen molar-refractivity contribution in [3.63, 3.8) is 0 Å². The minimum atomic E-state index is -0.281. The van der Waals surface area contributed by atoms with Gasteiger partial charge in [-0.1, -0.05) is 13.0 Å². The topological polar surface area (TPSA) is 74.6 Å². The van der Waals surface area contributed by atoms with E-state index in [-0.39, 0.29) is 40.5 Å². The molecule has 4 nitrogen and oxygen atoms in total. The van der Waals surface area contributed by atoms with Gasteiger partial charge in [0.2, 0.25) is 0 Å². The summed E-state index contributed by atoms with van der Waals surface area (Å²) in [5.74, 6) is 0.402. The van der Waals surface area contributed by atoms with Gasteiger partial charge in [0.15, 0.2) is 17.3 Å². The highest BCUT2D eigenvalue weighted by molar-refractivity contribution is 6.02. The van der Waals surface area contributed by atoms with Crippen molar-refractivity contribution in [2.45, 2.75) is 44.9 Å². The largest absolute Gasteiger partial charge is 0.504 e. The highest BCUT2D eigenvalue weighted by atomic mass is 16.3. The molecule has 0 amide bonds. The molecule has 4 rings (SSSR count). The molecule has 116 valence electrons. The molecule has 0 spiro atoms. The summed E-state index contributed by atoms with van der Waals surface area (Å²) < 4.78 is 0. The van der Waals surface area contributed by atoms with Crippen molar-refractivity contribution < 1.29 is 19.8 Å². The number of ketones is 2. The van der Waals surface area contributed by atoms with Crippen LogP contribution >= 0.6 is 0 Å². The molecule has 1 aromatic rings. The van der Waals surface area contributed by atoms with Crippen LogP contribution in [0.25, 0.3) is 0 Å². The molecule has 4 heteroatoms. The molecule has 2 saturated carbocycles. The fourth-order valence-corrected chi connectivity index (χ4v) is 5.24. The van der Waals surface area contributed by atoms with E-state index >= 15 is 0 Å². The summed E-state index contributed by atoms with van der Waals surface area (Å²) in [7, 11) is 0. The van der Waals surface area contributed by atoms with Crippen molar-refractivity contribution in [3.8, 4) is 11.5 Å². The van der Waals surface area contributed by atoms with E-state index in [1.165, 1.54) is 6.07 Å². The van der Waals surface area contributed by atoms with Crippen LogP contribution in [-0.2, 0) is 4.79 Å². The maximum atomic E-state index is 12.5. The van der Waals surface area contributed by atoms with Gasteiger partial charge >= 0.3 is 0 Å². The van der Waals surface area contributed by atoms with Crippen LogP contribution in [-0.4, -0.2) is 21.8 Å². The number of fused-ring (bicyclic) bond motifs is 5. The monoisotopic (exact) mass is 300 g/mol. The van der Waals surface area contributed by atoms with Gasteiger partial charge in [0.05, 0.1) is 5.56 Å².